The molecule has 2 rings (SSSR count). The minimum absolute atomic E-state index is 0.117. The summed E-state index contributed by atoms with van der Waals surface area (Å²) in [6.45, 7) is 2.29. The fourth-order valence-electron chi connectivity index (χ4n) is 1.60. The largest absolute Gasteiger partial charge is 0.444 e. The Morgan fingerprint density at radius 1 is 1.53 bits per heavy atom. The predicted octanol–water partition coefficient (Wildman–Crippen LogP) is 1.61. The number of aryl methyl sites for hydroxylation is 1. The van der Waals surface area contributed by atoms with Gasteiger partial charge in [0.25, 0.3) is 11.8 Å². The van der Waals surface area contributed by atoms with Gasteiger partial charge >= 0.3 is 0 Å². The lowest BCUT2D eigenvalue weighted by atomic mass is 10.3. The van der Waals surface area contributed by atoms with Crippen molar-refractivity contribution in [2.75, 3.05) is 5.32 Å². The number of rotatable bonds is 4. The maximum atomic E-state index is 11.9. The van der Waals surface area contributed by atoms with E-state index in [1.54, 1.807) is 6.07 Å². The number of aromatic nitrogens is 2. The normalized spacial score (nSPS) is 10.4. The molecule has 2 heterocycles. The summed E-state index contributed by atoms with van der Waals surface area (Å²) < 4.78 is 6.97. The van der Waals surface area contributed by atoms with Crippen LogP contribution in [0.3, 0.4) is 0 Å². The second kappa shape index (κ2) is 5.27. The fraction of sp³-hybridized carbons (Fsp3) is 0.182. The zero-order valence-electron chi connectivity index (χ0n) is 10.0. The number of halogens is 1. The summed E-state index contributed by atoms with van der Waals surface area (Å²) in [4.78, 5) is 23.2. The molecule has 0 saturated heterocycles. The van der Waals surface area contributed by atoms with Gasteiger partial charge in [-0.05, 0) is 35.0 Å². The highest BCUT2D eigenvalue weighted by molar-refractivity contribution is 9.10. The smallest absolute Gasteiger partial charge is 0.291 e. The molecule has 0 radical (unpaired) electrons. The standard InChI is InChI=1S/C11H11BrN4O3/c1-2-16-9(10(13)17)6(5-14-16)15-11(18)7-3-4-8(12)19-7/h3-5H,2H2,1H3,(H2,13,17)(H,15,18). The number of nitrogens with zero attached hydrogens (tertiary/aromatic N) is 2. The minimum atomic E-state index is -0.657. The van der Waals surface area contributed by atoms with E-state index < -0.39 is 11.8 Å². The monoisotopic (exact) mass is 326 g/mol. The Hall–Kier alpha value is -2.09. The molecule has 0 aliphatic rings. The first-order chi connectivity index (χ1) is 9.02. The van der Waals surface area contributed by atoms with Crippen LogP contribution in [0.4, 0.5) is 5.69 Å². The van der Waals surface area contributed by atoms with E-state index >= 15 is 0 Å². The van der Waals surface area contributed by atoms with Gasteiger partial charge in [-0.2, -0.15) is 5.10 Å². The molecule has 0 atom stereocenters. The molecule has 0 fully saturated rings. The Morgan fingerprint density at radius 3 is 2.79 bits per heavy atom. The van der Waals surface area contributed by atoms with Crippen LogP contribution in [0.1, 0.15) is 28.0 Å². The molecule has 8 heteroatoms. The van der Waals surface area contributed by atoms with Crippen molar-refractivity contribution >= 4 is 33.4 Å². The topological polar surface area (TPSA) is 103 Å². The molecular formula is C11H11BrN4O3. The number of nitrogens with two attached hydrogens (primary N) is 1. The van der Waals surface area contributed by atoms with Crippen LogP contribution in [0.2, 0.25) is 0 Å². The molecule has 0 bridgehead atoms. The summed E-state index contributed by atoms with van der Waals surface area (Å²) in [5.41, 5.74) is 5.68. The van der Waals surface area contributed by atoms with Crippen LogP contribution in [0.25, 0.3) is 0 Å². The number of hydrogen-bond acceptors (Lipinski definition) is 4. The van der Waals surface area contributed by atoms with Crippen LogP contribution < -0.4 is 11.1 Å². The van der Waals surface area contributed by atoms with Crippen LogP contribution in [0.15, 0.2) is 27.4 Å². The van der Waals surface area contributed by atoms with E-state index in [0.717, 1.165) is 0 Å². The average Bonchev–Trinajstić information content (AvgIpc) is 2.95. The third kappa shape index (κ3) is 2.68. The molecule has 2 aromatic heterocycles. The SMILES string of the molecule is CCn1ncc(NC(=O)c2ccc(Br)o2)c1C(N)=O. The lowest BCUT2D eigenvalue weighted by Crippen LogP contribution is -2.20. The fourth-order valence-corrected chi connectivity index (χ4v) is 1.90. The van der Waals surface area contributed by atoms with E-state index in [1.807, 2.05) is 6.92 Å². The van der Waals surface area contributed by atoms with Crippen molar-refractivity contribution in [2.45, 2.75) is 13.5 Å². The maximum Gasteiger partial charge on any atom is 0.291 e. The van der Waals surface area contributed by atoms with Gasteiger partial charge in [-0.1, -0.05) is 0 Å². The van der Waals surface area contributed by atoms with Crippen LogP contribution >= 0.6 is 15.9 Å². The highest BCUT2D eigenvalue weighted by Gasteiger charge is 2.19. The van der Waals surface area contributed by atoms with Crippen molar-refractivity contribution in [3.8, 4) is 0 Å². The third-order valence-corrected chi connectivity index (χ3v) is 2.84. The molecular weight excluding hydrogens is 316 g/mol. The van der Waals surface area contributed by atoms with E-state index in [9.17, 15) is 9.59 Å². The number of furan rings is 1. The lowest BCUT2D eigenvalue weighted by Gasteiger charge is -2.04. The van der Waals surface area contributed by atoms with Crippen molar-refractivity contribution in [1.82, 2.24) is 9.78 Å². The summed E-state index contributed by atoms with van der Waals surface area (Å²) in [5, 5.41) is 6.51. The Balaban J connectivity index is 2.26. The van der Waals surface area contributed by atoms with Gasteiger partial charge in [0, 0.05) is 6.54 Å². The average molecular weight is 327 g/mol. The molecule has 3 N–H and O–H groups in total. The van der Waals surface area contributed by atoms with Gasteiger partial charge in [0.1, 0.15) is 5.69 Å². The first kappa shape index (κ1) is 13.3. The summed E-state index contributed by atoms with van der Waals surface area (Å²) in [6, 6.07) is 3.10. The summed E-state index contributed by atoms with van der Waals surface area (Å²) in [6.07, 6.45) is 1.37. The molecule has 0 aliphatic heterocycles. The zero-order chi connectivity index (χ0) is 14.0. The van der Waals surface area contributed by atoms with Crippen LogP contribution in [0.5, 0.6) is 0 Å². The minimum Gasteiger partial charge on any atom is -0.444 e. The van der Waals surface area contributed by atoms with E-state index in [2.05, 4.69) is 26.3 Å². The quantitative estimate of drug-likeness (QED) is 0.890. The van der Waals surface area contributed by atoms with Crippen molar-refractivity contribution in [2.24, 2.45) is 5.73 Å². The number of carbonyl (C=O) groups is 2. The molecule has 0 unspecified atom stereocenters. The first-order valence-electron chi connectivity index (χ1n) is 5.45. The van der Waals surface area contributed by atoms with Crippen molar-refractivity contribution in [3.05, 3.63) is 34.5 Å². The molecule has 7 nitrogen and oxygen atoms in total. The van der Waals surface area contributed by atoms with Gasteiger partial charge in [-0.15, -0.1) is 0 Å². The van der Waals surface area contributed by atoms with E-state index in [4.69, 9.17) is 10.2 Å². The van der Waals surface area contributed by atoms with Gasteiger partial charge in [0.15, 0.2) is 10.4 Å². The van der Waals surface area contributed by atoms with Crippen molar-refractivity contribution < 1.29 is 14.0 Å². The Labute approximate surface area is 116 Å². The number of amides is 2. The van der Waals surface area contributed by atoms with Crippen molar-refractivity contribution in [1.29, 1.82) is 0 Å². The maximum absolute atomic E-state index is 11.9. The summed E-state index contributed by atoms with van der Waals surface area (Å²) >= 11 is 3.10. The number of carbonyl (C=O) groups excluding carboxylic acids is 2. The second-order valence-corrected chi connectivity index (χ2v) is 4.43. The molecule has 19 heavy (non-hydrogen) atoms. The molecule has 100 valence electrons. The highest BCUT2D eigenvalue weighted by Crippen LogP contribution is 2.18. The Kier molecular flexibility index (Phi) is 3.70. The van der Waals surface area contributed by atoms with E-state index in [1.165, 1.54) is 16.9 Å². The van der Waals surface area contributed by atoms with E-state index in [-0.39, 0.29) is 17.1 Å². The Morgan fingerprint density at radius 2 is 2.26 bits per heavy atom. The molecule has 2 aromatic rings. The van der Waals surface area contributed by atoms with Crippen LogP contribution in [-0.4, -0.2) is 21.6 Å². The summed E-state index contributed by atoms with van der Waals surface area (Å²) in [7, 11) is 0. The number of hydrogen-bond donors (Lipinski definition) is 2. The molecule has 0 spiro atoms. The number of nitrogens with one attached hydrogen (secondary N) is 1. The molecule has 0 saturated carbocycles. The predicted molar refractivity (Wildman–Crippen MR) is 70.8 cm³/mol. The van der Waals surface area contributed by atoms with Gasteiger partial charge < -0.3 is 15.5 Å². The summed E-state index contributed by atoms with van der Waals surface area (Å²) in [5.74, 6) is -1.02. The lowest BCUT2D eigenvalue weighted by molar-refractivity contribution is 0.0991. The van der Waals surface area contributed by atoms with E-state index in [0.29, 0.717) is 11.2 Å². The number of anilines is 1. The third-order valence-electron chi connectivity index (χ3n) is 2.42. The molecule has 2 amide bonds. The number of primary amides is 1. The highest BCUT2D eigenvalue weighted by atomic mass is 79.9. The van der Waals surface area contributed by atoms with Crippen molar-refractivity contribution in [3.63, 3.8) is 0 Å². The molecule has 0 aromatic carbocycles. The second-order valence-electron chi connectivity index (χ2n) is 3.64. The zero-order valence-corrected chi connectivity index (χ0v) is 11.6. The van der Waals surface area contributed by atoms with Crippen LogP contribution in [-0.2, 0) is 6.54 Å². The van der Waals surface area contributed by atoms with Crippen LogP contribution in [0, 0.1) is 0 Å². The van der Waals surface area contributed by atoms with Gasteiger partial charge in [0.05, 0.1) is 11.9 Å². The van der Waals surface area contributed by atoms with Gasteiger partial charge in [-0.25, -0.2) is 0 Å². The first-order valence-corrected chi connectivity index (χ1v) is 6.24. The van der Waals surface area contributed by atoms with Gasteiger partial charge in [0.2, 0.25) is 0 Å². The molecule has 0 aliphatic carbocycles. The van der Waals surface area contributed by atoms with Gasteiger partial charge in [-0.3, -0.25) is 14.3 Å². The Bertz CT molecular complexity index is 632.